The number of anilines is 3. The number of unbranched alkanes of at least 4 members (excludes halogenated alkanes) is 5. The molecule has 8 amide bonds. The highest BCUT2D eigenvalue weighted by Crippen LogP contribution is 2.50. The maximum atomic E-state index is 14.2. The summed E-state index contributed by atoms with van der Waals surface area (Å²) in [6.45, 7) is 6.89. The lowest BCUT2D eigenvalue weighted by Gasteiger charge is -2.39. The second-order valence-corrected chi connectivity index (χ2v) is 26.2. The lowest BCUT2D eigenvalue weighted by molar-refractivity contribution is -0.151. The Morgan fingerprint density at radius 3 is 2.18 bits per heavy atom. The summed E-state index contributed by atoms with van der Waals surface area (Å²) < 4.78 is 34.4. The van der Waals surface area contributed by atoms with E-state index in [1.54, 1.807) is 85.2 Å². The van der Waals surface area contributed by atoms with E-state index in [4.69, 9.17) is 35.2 Å². The normalized spacial score (nSPS) is 18.6. The number of alkyl carbamates (subject to hydrolysis) is 1. The van der Waals surface area contributed by atoms with Crippen LogP contribution >= 0.6 is 19.4 Å². The topological polar surface area (TPSA) is 322 Å². The summed E-state index contributed by atoms with van der Waals surface area (Å²) >= 11 is 6.43. The highest BCUT2D eigenvalue weighted by molar-refractivity contribution is 7.46. The molecule has 0 spiro atoms. The van der Waals surface area contributed by atoms with Crippen LogP contribution in [0.1, 0.15) is 144 Å². The second-order valence-electron chi connectivity index (χ2n) is 24.7. The van der Waals surface area contributed by atoms with Crippen LogP contribution in [0.5, 0.6) is 17.2 Å². The van der Waals surface area contributed by atoms with Crippen LogP contribution < -0.4 is 45.2 Å². The number of alkyl halides is 1. The molecule has 4 atom stereocenters. The van der Waals surface area contributed by atoms with Gasteiger partial charge in [0.25, 0.3) is 17.7 Å². The molecule has 1 saturated heterocycles. The zero-order valence-electron chi connectivity index (χ0n) is 52.2. The molecule has 25 nitrogen and oxygen atoms in total. The number of nitrogens with one attached hydrogen (secondary N) is 4. The van der Waals surface area contributed by atoms with Crippen molar-refractivity contribution in [2.24, 2.45) is 5.41 Å². The maximum absolute atomic E-state index is 14.2. The number of hydroxylamine groups is 1. The number of amides is 8. The minimum absolute atomic E-state index is 0.0391. The Kier molecular flexibility index (Phi) is 22.6. The third-order valence-corrected chi connectivity index (χ3v) is 17.9. The number of ether oxygens (including phenoxy) is 3. The van der Waals surface area contributed by atoms with Crippen LogP contribution in [-0.2, 0) is 49.5 Å². The number of phosphoric acid groups is 1. The van der Waals surface area contributed by atoms with E-state index in [1.807, 2.05) is 6.07 Å². The molecule has 1 saturated carbocycles. The molecule has 1 unspecified atom stereocenters. The van der Waals surface area contributed by atoms with Crippen molar-refractivity contribution in [1.29, 1.82) is 0 Å². The Morgan fingerprint density at radius 1 is 0.804 bits per heavy atom. The molecule has 0 bridgehead atoms. The van der Waals surface area contributed by atoms with Crippen LogP contribution in [0, 0.1) is 5.41 Å². The van der Waals surface area contributed by atoms with E-state index in [0.29, 0.717) is 124 Å². The number of benzene rings is 4. The average molecular weight is 1310 g/mol. The second kappa shape index (κ2) is 30.3. The van der Waals surface area contributed by atoms with Crippen molar-refractivity contribution in [3.63, 3.8) is 0 Å². The van der Waals surface area contributed by atoms with Crippen molar-refractivity contribution in [1.82, 2.24) is 25.8 Å². The number of hydrogen-bond acceptors (Lipinski definition) is 16. The van der Waals surface area contributed by atoms with E-state index in [9.17, 15) is 57.8 Å². The summed E-state index contributed by atoms with van der Waals surface area (Å²) in [5.74, 6) is -2.21. The number of hydrogen-bond donors (Lipinski definition) is 7. The van der Waals surface area contributed by atoms with Gasteiger partial charge < -0.3 is 54.9 Å². The number of nitrogens with zero attached hydrogens (tertiary/aromatic N) is 4. The number of halogens is 1. The summed E-state index contributed by atoms with van der Waals surface area (Å²) in [5, 5.41) is 25.9. The third kappa shape index (κ3) is 16.5. The molecule has 92 heavy (non-hydrogen) atoms. The van der Waals surface area contributed by atoms with E-state index in [2.05, 4.69) is 21.3 Å². The lowest BCUT2D eigenvalue weighted by atomic mass is 9.67. The zero-order chi connectivity index (χ0) is 65.9. The Morgan fingerprint density at radius 2 is 1.50 bits per heavy atom. The van der Waals surface area contributed by atoms with E-state index < -0.39 is 61.0 Å². The molecule has 4 aromatic carbocycles. The molecule has 4 heterocycles. The van der Waals surface area contributed by atoms with Gasteiger partial charge in [-0.25, -0.2) is 14.4 Å². The van der Waals surface area contributed by atoms with Gasteiger partial charge in [-0.2, -0.15) is 0 Å². The first-order valence-electron chi connectivity index (χ1n) is 31.4. The predicted molar refractivity (Wildman–Crippen MR) is 341 cm³/mol. The Hall–Kier alpha value is -7.80. The molecule has 9 rings (SSSR count). The summed E-state index contributed by atoms with van der Waals surface area (Å²) in [5.41, 5.74) is 0.736. The molecule has 0 aromatic heterocycles. The minimum Gasteiger partial charge on any atom is -0.493 e. The number of aliphatic hydroxyl groups excluding tert-OH is 1. The monoisotopic (exact) mass is 1310 g/mol. The molecule has 4 aliphatic heterocycles. The van der Waals surface area contributed by atoms with E-state index in [1.165, 1.54) is 35.3 Å². The molecule has 7 N–H and O–H groups in total. The van der Waals surface area contributed by atoms with Crippen LogP contribution in [0.3, 0.4) is 0 Å². The molecular formula is C65H82ClN8O17P. The molecule has 27 heteroatoms. The molecule has 4 aromatic rings. The standard InChI is InChI=1S/C65H82ClN8O17P/c1-64(2,3)90-63(83)68-31-12-10-19-47(70-62(82)65(28-16-29-65)61(81)67-30-11-6-13-32-72-55(76)26-27-56(72)77)58(78)69-43-24-22-41(23-25-43)40-89-74-49-36-53(52(87-4)35-46(49)59(79)71-33-15-20-48(71)60(74)80)88-34-14-5-7-21-54(75)73-39-42(38-66)57-45-18-9-8-17-44(45)51(37-50(57)73)91-92(84,85)86/h8-9,17-18,22-27,35-37,42,47-48,60,80H,5-7,10-16,19-21,28-34,38-40H2,1-4H3,(H,67,81)(H,68,83)(H,69,78)(H,70,82)(H2,84,85,86)/t42-,47+,48+,60?/m1/s1. The molecular weight excluding hydrogens is 1230 g/mol. The molecule has 2 fully saturated rings. The van der Waals surface area contributed by atoms with Gasteiger partial charge in [-0.15, -0.1) is 11.6 Å². The molecule has 496 valence electrons. The number of methoxy groups -OCH3 is 1. The fraction of sp³-hybridized carbons (Fsp3) is 0.508. The van der Waals surface area contributed by atoms with Gasteiger partial charge >= 0.3 is 13.9 Å². The van der Waals surface area contributed by atoms with Gasteiger partial charge in [0.05, 0.1) is 36.7 Å². The van der Waals surface area contributed by atoms with Crippen LogP contribution in [-0.4, -0.2) is 148 Å². The Labute approximate surface area is 538 Å². The lowest BCUT2D eigenvalue weighted by Crippen LogP contribution is -2.58. The third-order valence-electron chi connectivity index (χ3n) is 17.1. The molecule has 0 radical (unpaired) electrons. The van der Waals surface area contributed by atoms with E-state index in [-0.39, 0.29) is 110 Å². The van der Waals surface area contributed by atoms with Crippen molar-refractivity contribution in [2.45, 2.75) is 154 Å². The van der Waals surface area contributed by atoms with E-state index in [0.717, 1.165) is 5.56 Å². The fourth-order valence-electron chi connectivity index (χ4n) is 12.3. The Balaban J connectivity index is 0.813. The quantitative estimate of drug-likeness (QED) is 0.00854. The zero-order valence-corrected chi connectivity index (χ0v) is 53.9. The van der Waals surface area contributed by atoms with Crippen molar-refractivity contribution in [3.8, 4) is 17.2 Å². The van der Waals surface area contributed by atoms with Gasteiger partial charge in [0.15, 0.2) is 17.7 Å². The van der Waals surface area contributed by atoms with Gasteiger partial charge in [0.2, 0.25) is 23.6 Å². The van der Waals surface area contributed by atoms with Crippen LogP contribution in [0.2, 0.25) is 0 Å². The summed E-state index contributed by atoms with van der Waals surface area (Å²) in [6, 6.07) is 16.8. The maximum Gasteiger partial charge on any atom is 0.524 e. The van der Waals surface area contributed by atoms with Gasteiger partial charge in [-0.1, -0.05) is 42.8 Å². The van der Waals surface area contributed by atoms with Crippen molar-refractivity contribution in [3.05, 3.63) is 95.6 Å². The van der Waals surface area contributed by atoms with Crippen molar-refractivity contribution < 1.29 is 81.4 Å². The smallest absolute Gasteiger partial charge is 0.493 e. The summed E-state index contributed by atoms with van der Waals surface area (Å²) in [7, 11) is -3.47. The predicted octanol–water partition coefficient (Wildman–Crippen LogP) is 8.00. The summed E-state index contributed by atoms with van der Waals surface area (Å²) in [4.78, 5) is 136. The van der Waals surface area contributed by atoms with Gasteiger partial charge in [-0.05, 0) is 139 Å². The Bertz CT molecular complexity index is 3460. The fourth-order valence-corrected chi connectivity index (χ4v) is 12.9. The van der Waals surface area contributed by atoms with Gasteiger partial charge in [-0.3, -0.25) is 53.1 Å². The summed E-state index contributed by atoms with van der Waals surface area (Å²) in [6.07, 6.45) is 7.56. The number of fused-ring (bicyclic) bond motifs is 5. The van der Waals surface area contributed by atoms with Crippen LogP contribution in [0.4, 0.5) is 21.9 Å². The van der Waals surface area contributed by atoms with Crippen LogP contribution in [0.25, 0.3) is 10.8 Å². The minimum atomic E-state index is -4.93. The average Bonchev–Trinajstić information content (AvgIpc) is 1.54. The number of rotatable bonds is 30. The molecule has 5 aliphatic rings. The first kappa shape index (κ1) is 68.6. The highest BCUT2D eigenvalue weighted by atomic mass is 35.5. The number of aliphatic hydroxyl groups is 1. The van der Waals surface area contributed by atoms with E-state index >= 15 is 0 Å². The molecule has 1 aliphatic carbocycles. The first-order chi connectivity index (χ1) is 44.0. The first-order valence-corrected chi connectivity index (χ1v) is 33.5. The SMILES string of the molecule is COc1cc2c(cc1OCCCCCC(=O)N1C[C@@H](CCl)c3c1cc(OP(=O)(O)O)c1ccccc31)N(OCc1ccc(NC(=O)[C@H](CCCCNC(=O)OC(C)(C)C)NC(=O)C3(C(=O)NCCCCCN4C(=O)C=CC4=O)CCC3)cc1)C(O)[C@@H]1CCCN1C2=O. The number of phosphoric ester groups is 1. The van der Waals surface area contributed by atoms with Crippen LogP contribution in [0.15, 0.2) is 78.9 Å². The van der Waals surface area contributed by atoms with Gasteiger partial charge in [0, 0.05) is 86.3 Å². The number of imide groups is 1. The van der Waals surface area contributed by atoms with Crippen molar-refractivity contribution >= 4 is 94.7 Å². The number of carbonyl (C=O) groups is 8. The highest BCUT2D eigenvalue weighted by Gasteiger charge is 2.51. The number of carbonyl (C=O) groups excluding carboxylic acids is 8. The van der Waals surface area contributed by atoms with Gasteiger partial charge in [0.1, 0.15) is 29.4 Å². The van der Waals surface area contributed by atoms with Crippen molar-refractivity contribution in [2.75, 3.05) is 67.6 Å². The largest absolute Gasteiger partial charge is 0.524 e.